The Balaban J connectivity index is 2.18. The van der Waals surface area contributed by atoms with Crippen molar-refractivity contribution < 1.29 is 9.53 Å². The van der Waals surface area contributed by atoms with Crippen molar-refractivity contribution in [2.24, 2.45) is 0 Å². The summed E-state index contributed by atoms with van der Waals surface area (Å²) in [4.78, 5) is 12.4. The van der Waals surface area contributed by atoms with Gasteiger partial charge in [-0.05, 0) is 44.5 Å². The number of halogens is 1. The van der Waals surface area contributed by atoms with Crippen molar-refractivity contribution in [1.82, 2.24) is 5.32 Å². The van der Waals surface area contributed by atoms with Gasteiger partial charge in [-0.15, -0.1) is 0 Å². The molecule has 2 rings (SSSR count). The third kappa shape index (κ3) is 2.68. The number of hydrogen-bond donors (Lipinski definition) is 1. The Kier molecular flexibility index (Phi) is 3.93. The predicted octanol–water partition coefficient (Wildman–Crippen LogP) is 2.60. The molecule has 0 aliphatic carbocycles. The fourth-order valence-electron chi connectivity index (χ4n) is 2.39. The van der Waals surface area contributed by atoms with Crippen LogP contribution in [0.2, 0.25) is 5.02 Å². The van der Waals surface area contributed by atoms with Crippen molar-refractivity contribution in [2.75, 3.05) is 13.7 Å². The zero-order valence-corrected chi connectivity index (χ0v) is 11.5. The molecule has 1 unspecified atom stereocenters. The topological polar surface area (TPSA) is 38.3 Å². The summed E-state index contributed by atoms with van der Waals surface area (Å²) in [6.07, 6.45) is 2.30. The summed E-state index contributed by atoms with van der Waals surface area (Å²) in [5.74, 6) is 0.912. The molecule has 1 aromatic rings. The molecule has 1 N–H and O–H groups in total. The number of ketones is 1. The molecule has 0 spiro atoms. The highest BCUT2D eigenvalue weighted by Crippen LogP contribution is 2.27. The van der Waals surface area contributed by atoms with Gasteiger partial charge in [0.25, 0.3) is 0 Å². The number of rotatable bonds is 4. The van der Waals surface area contributed by atoms with Crippen LogP contribution < -0.4 is 10.1 Å². The Morgan fingerprint density at radius 1 is 1.56 bits per heavy atom. The number of methoxy groups -OCH3 is 1. The fourth-order valence-corrected chi connectivity index (χ4v) is 2.58. The lowest BCUT2D eigenvalue weighted by atomic mass is 9.90. The van der Waals surface area contributed by atoms with Gasteiger partial charge in [-0.3, -0.25) is 4.79 Å². The van der Waals surface area contributed by atoms with Gasteiger partial charge in [-0.1, -0.05) is 11.6 Å². The Bertz CT molecular complexity index is 453. The normalized spacial score (nSPS) is 23.1. The second kappa shape index (κ2) is 5.29. The van der Waals surface area contributed by atoms with Gasteiger partial charge in [0, 0.05) is 17.0 Å². The van der Waals surface area contributed by atoms with Crippen LogP contribution in [0.1, 0.15) is 25.3 Å². The molecule has 1 saturated heterocycles. The molecule has 0 saturated carbocycles. The molecular formula is C14H18ClNO2. The second-order valence-corrected chi connectivity index (χ2v) is 5.35. The first kappa shape index (κ1) is 13.4. The van der Waals surface area contributed by atoms with Crippen LogP contribution in [0.3, 0.4) is 0 Å². The number of nitrogens with one attached hydrogen (secondary N) is 1. The van der Waals surface area contributed by atoms with E-state index in [2.05, 4.69) is 5.32 Å². The quantitative estimate of drug-likeness (QED) is 0.911. The Morgan fingerprint density at radius 2 is 2.33 bits per heavy atom. The number of carbonyl (C=O) groups is 1. The molecular weight excluding hydrogens is 250 g/mol. The lowest BCUT2D eigenvalue weighted by molar-refractivity contribution is -0.123. The van der Waals surface area contributed by atoms with Gasteiger partial charge < -0.3 is 10.1 Å². The maximum atomic E-state index is 12.4. The summed E-state index contributed by atoms with van der Waals surface area (Å²) >= 11 is 5.97. The van der Waals surface area contributed by atoms with Crippen molar-refractivity contribution >= 4 is 17.4 Å². The Morgan fingerprint density at radius 3 is 2.94 bits per heavy atom. The third-order valence-corrected chi connectivity index (χ3v) is 3.81. The Hall–Kier alpha value is -1.06. The van der Waals surface area contributed by atoms with Crippen molar-refractivity contribution in [2.45, 2.75) is 31.7 Å². The van der Waals surface area contributed by atoms with Crippen molar-refractivity contribution in [3.8, 4) is 5.75 Å². The molecule has 0 aromatic heterocycles. The average molecular weight is 268 g/mol. The van der Waals surface area contributed by atoms with Gasteiger partial charge >= 0.3 is 0 Å². The van der Waals surface area contributed by atoms with Crippen LogP contribution in [0.4, 0.5) is 0 Å². The smallest absolute Gasteiger partial charge is 0.157 e. The van der Waals surface area contributed by atoms with Gasteiger partial charge in [0.05, 0.1) is 12.6 Å². The molecule has 98 valence electrons. The van der Waals surface area contributed by atoms with Gasteiger partial charge in [-0.25, -0.2) is 0 Å². The van der Waals surface area contributed by atoms with E-state index in [4.69, 9.17) is 16.3 Å². The molecule has 0 bridgehead atoms. The molecule has 1 heterocycles. The number of ether oxygens (including phenoxy) is 1. The minimum atomic E-state index is -0.396. The van der Waals surface area contributed by atoms with Crippen LogP contribution in [0.5, 0.6) is 5.75 Å². The van der Waals surface area contributed by atoms with E-state index in [1.165, 1.54) is 0 Å². The highest BCUT2D eigenvalue weighted by molar-refractivity contribution is 6.30. The molecule has 1 aromatic carbocycles. The van der Waals surface area contributed by atoms with Gasteiger partial charge in [0.1, 0.15) is 5.75 Å². The highest BCUT2D eigenvalue weighted by Gasteiger charge is 2.35. The fraction of sp³-hybridized carbons (Fsp3) is 0.500. The van der Waals surface area contributed by atoms with Crippen molar-refractivity contribution in [1.29, 1.82) is 0 Å². The molecule has 1 aliphatic rings. The van der Waals surface area contributed by atoms with Crippen LogP contribution in [-0.4, -0.2) is 25.0 Å². The largest absolute Gasteiger partial charge is 0.496 e. The van der Waals surface area contributed by atoms with E-state index < -0.39 is 5.54 Å². The summed E-state index contributed by atoms with van der Waals surface area (Å²) in [5.41, 5.74) is 0.456. The molecule has 1 aliphatic heterocycles. The van der Waals surface area contributed by atoms with Crippen molar-refractivity contribution in [3.63, 3.8) is 0 Å². The molecule has 1 atom stereocenters. The first-order valence-electron chi connectivity index (χ1n) is 6.16. The highest BCUT2D eigenvalue weighted by atomic mass is 35.5. The number of hydrogen-bond acceptors (Lipinski definition) is 3. The predicted molar refractivity (Wildman–Crippen MR) is 72.4 cm³/mol. The van der Waals surface area contributed by atoms with Crippen LogP contribution in [0, 0.1) is 0 Å². The van der Waals surface area contributed by atoms with E-state index in [0.29, 0.717) is 17.2 Å². The summed E-state index contributed by atoms with van der Waals surface area (Å²) in [5, 5.41) is 3.91. The van der Waals surface area contributed by atoms with Gasteiger partial charge in [0.15, 0.2) is 5.78 Å². The first-order chi connectivity index (χ1) is 8.55. The maximum Gasteiger partial charge on any atom is 0.157 e. The number of benzene rings is 1. The first-order valence-corrected chi connectivity index (χ1v) is 6.54. The number of carbonyl (C=O) groups excluding carboxylic acids is 1. The minimum absolute atomic E-state index is 0.195. The van der Waals surface area contributed by atoms with E-state index in [1.54, 1.807) is 25.3 Å². The van der Waals surface area contributed by atoms with E-state index in [-0.39, 0.29) is 5.78 Å². The average Bonchev–Trinajstić information content (AvgIpc) is 2.78. The minimum Gasteiger partial charge on any atom is -0.496 e. The van der Waals surface area contributed by atoms with Gasteiger partial charge in [0.2, 0.25) is 0 Å². The SMILES string of the molecule is COc1ccc(Cl)cc1CC(=O)C1(C)CCCN1. The molecule has 18 heavy (non-hydrogen) atoms. The van der Waals surface area contributed by atoms with E-state index in [9.17, 15) is 4.79 Å². The monoisotopic (exact) mass is 267 g/mol. The van der Waals surface area contributed by atoms with Crippen molar-refractivity contribution in [3.05, 3.63) is 28.8 Å². The molecule has 0 amide bonds. The van der Waals surface area contributed by atoms with E-state index in [1.807, 2.05) is 6.92 Å². The van der Waals surface area contributed by atoms with Crippen LogP contribution in [-0.2, 0) is 11.2 Å². The van der Waals surface area contributed by atoms with Crippen LogP contribution in [0.25, 0.3) is 0 Å². The summed E-state index contributed by atoms with van der Waals surface area (Å²) in [6, 6.07) is 5.37. The van der Waals surface area contributed by atoms with Crippen LogP contribution in [0.15, 0.2) is 18.2 Å². The third-order valence-electron chi connectivity index (χ3n) is 3.58. The lowest BCUT2D eigenvalue weighted by Crippen LogP contribution is -2.45. The summed E-state index contributed by atoms with van der Waals surface area (Å²) in [6.45, 7) is 2.88. The molecule has 1 fully saturated rings. The maximum absolute atomic E-state index is 12.4. The number of Topliss-reactive ketones (excluding diaryl/α,β-unsaturated/α-hetero) is 1. The van der Waals surface area contributed by atoms with E-state index >= 15 is 0 Å². The zero-order chi connectivity index (χ0) is 13.2. The standard InChI is InChI=1S/C14H18ClNO2/c1-14(6-3-7-16-14)13(17)9-10-8-11(15)4-5-12(10)18-2/h4-5,8,16H,3,6-7,9H2,1-2H3. The Labute approximate surface area is 112 Å². The van der Waals surface area contributed by atoms with E-state index in [0.717, 1.165) is 24.9 Å². The molecule has 0 radical (unpaired) electrons. The molecule has 3 nitrogen and oxygen atoms in total. The van der Waals surface area contributed by atoms with Crippen LogP contribution >= 0.6 is 11.6 Å². The second-order valence-electron chi connectivity index (χ2n) is 4.92. The lowest BCUT2D eigenvalue weighted by Gasteiger charge is -2.23. The van der Waals surface area contributed by atoms with Gasteiger partial charge in [-0.2, -0.15) is 0 Å². The molecule has 4 heteroatoms. The summed E-state index contributed by atoms with van der Waals surface area (Å²) in [7, 11) is 1.60. The summed E-state index contributed by atoms with van der Waals surface area (Å²) < 4.78 is 5.27. The zero-order valence-electron chi connectivity index (χ0n) is 10.8.